The maximum Gasteiger partial charge on any atom is 0.360 e. The third kappa shape index (κ3) is 3.75. The van der Waals surface area contributed by atoms with E-state index in [1.165, 1.54) is 43.3 Å². The van der Waals surface area contributed by atoms with E-state index < -0.39 is 17.5 Å². The Morgan fingerprint density at radius 1 is 0.879 bits per heavy atom. The van der Waals surface area contributed by atoms with Gasteiger partial charge < -0.3 is 19.7 Å². The first-order valence-corrected chi connectivity index (χ1v) is 12.2. The molecule has 3 heterocycles. The van der Waals surface area contributed by atoms with Crippen LogP contribution in [0.5, 0.6) is 0 Å². The van der Waals surface area contributed by atoms with Gasteiger partial charge in [-0.05, 0) is 0 Å². The molecule has 174 valence electrons. The molecule has 3 saturated heterocycles. The van der Waals surface area contributed by atoms with Gasteiger partial charge in [0.1, 0.15) is 6.10 Å². The molecular weight excluding hydrogens is 416 g/mol. The fourth-order valence-electron chi connectivity index (χ4n) is 6.66. The Hall–Kier alpha value is -2.70. The van der Waals surface area contributed by atoms with Crippen LogP contribution in [0.4, 0.5) is 0 Å². The molecule has 1 spiro atoms. The molecule has 3 aliphatic rings. The Labute approximate surface area is 195 Å². The van der Waals surface area contributed by atoms with E-state index in [4.69, 9.17) is 15.2 Å². The summed E-state index contributed by atoms with van der Waals surface area (Å²) in [5.74, 6) is -1.19. The minimum absolute atomic E-state index is 0.164. The molecule has 5 rings (SSSR count). The quantitative estimate of drug-likeness (QED) is 0.541. The molecule has 33 heavy (non-hydrogen) atoms. The summed E-state index contributed by atoms with van der Waals surface area (Å²) in [7, 11) is 0. The van der Waals surface area contributed by atoms with Crippen LogP contribution >= 0.6 is 0 Å². The van der Waals surface area contributed by atoms with Crippen LogP contribution in [-0.2, 0) is 24.7 Å². The lowest BCUT2D eigenvalue weighted by molar-refractivity contribution is -0.956. The summed E-state index contributed by atoms with van der Waals surface area (Å²) in [6.07, 6.45) is 6.63. The number of hydrogen-bond donors (Lipinski definition) is 1. The van der Waals surface area contributed by atoms with Gasteiger partial charge in [-0.25, -0.2) is 4.79 Å². The van der Waals surface area contributed by atoms with Gasteiger partial charge in [0.2, 0.25) is 0 Å². The number of piperidine rings is 1. The largest absolute Gasteiger partial charge is 0.458 e. The summed E-state index contributed by atoms with van der Waals surface area (Å²) in [6, 6.07) is 19.4. The van der Waals surface area contributed by atoms with Crippen molar-refractivity contribution in [2.24, 2.45) is 5.73 Å². The van der Waals surface area contributed by atoms with Crippen LogP contribution in [0.15, 0.2) is 60.7 Å². The van der Waals surface area contributed by atoms with Gasteiger partial charge >= 0.3 is 11.9 Å². The summed E-state index contributed by atoms with van der Waals surface area (Å²) in [6.45, 7) is 2.21. The molecule has 0 amide bonds. The highest BCUT2D eigenvalue weighted by Gasteiger charge is 2.57. The zero-order chi connectivity index (χ0) is 22.9. The zero-order valence-electron chi connectivity index (χ0n) is 19.0. The van der Waals surface area contributed by atoms with Gasteiger partial charge in [-0.15, -0.1) is 0 Å². The number of carbonyl (C=O) groups excluding carboxylic acids is 2. The fraction of sp³-hybridized carbons (Fsp3) is 0.481. The van der Waals surface area contributed by atoms with Crippen LogP contribution in [0.3, 0.4) is 0 Å². The van der Waals surface area contributed by atoms with Crippen molar-refractivity contribution in [2.45, 2.75) is 62.3 Å². The lowest BCUT2D eigenvalue weighted by Crippen LogP contribution is -2.60. The monoisotopic (exact) mass is 449 g/mol. The second kappa shape index (κ2) is 8.92. The molecule has 2 unspecified atom stereocenters. The molecule has 0 radical (unpaired) electrons. The maximum atomic E-state index is 14.0. The van der Waals surface area contributed by atoms with E-state index in [9.17, 15) is 9.59 Å². The van der Waals surface area contributed by atoms with Gasteiger partial charge in [0.15, 0.2) is 0 Å². The summed E-state index contributed by atoms with van der Waals surface area (Å²) in [5, 5.41) is 0. The van der Waals surface area contributed by atoms with Crippen LogP contribution in [0.25, 0.3) is 0 Å². The first kappa shape index (κ1) is 22.1. The molecule has 2 N–H and O–H groups in total. The summed E-state index contributed by atoms with van der Waals surface area (Å²) in [5.41, 5.74) is 5.04. The Kier molecular flexibility index (Phi) is 5.97. The second-order valence-electron chi connectivity index (χ2n) is 9.73. The molecule has 2 aromatic carbocycles. The SMILES string of the molecule is NCC(=O)OC(C(=O)OC1CC2CCC(C1)[N+]21CCCC1)(c1ccccc1)c1ccccc1. The van der Waals surface area contributed by atoms with Gasteiger partial charge in [0.25, 0.3) is 5.60 Å². The average molecular weight is 450 g/mol. The molecule has 0 aliphatic carbocycles. The molecule has 2 aromatic rings. The summed E-state index contributed by atoms with van der Waals surface area (Å²) in [4.78, 5) is 26.5. The predicted octanol–water partition coefficient (Wildman–Crippen LogP) is 3.28. The maximum absolute atomic E-state index is 14.0. The molecule has 2 bridgehead atoms. The van der Waals surface area contributed by atoms with Crippen LogP contribution in [0, 0.1) is 0 Å². The van der Waals surface area contributed by atoms with E-state index in [2.05, 4.69) is 0 Å². The number of esters is 2. The number of nitrogens with zero attached hydrogens (tertiary/aromatic N) is 1. The summed E-state index contributed by atoms with van der Waals surface area (Å²) >= 11 is 0. The number of benzene rings is 2. The third-order valence-corrected chi connectivity index (χ3v) is 8.11. The minimum atomic E-state index is -1.69. The van der Waals surface area contributed by atoms with Crippen LogP contribution in [-0.4, -0.2) is 54.2 Å². The number of hydrogen-bond acceptors (Lipinski definition) is 5. The van der Waals surface area contributed by atoms with E-state index in [0.717, 1.165) is 12.8 Å². The zero-order valence-corrected chi connectivity index (χ0v) is 19.0. The molecule has 2 atom stereocenters. The summed E-state index contributed by atoms with van der Waals surface area (Å²) < 4.78 is 13.3. The Morgan fingerprint density at radius 3 is 1.88 bits per heavy atom. The topological polar surface area (TPSA) is 78.6 Å². The lowest BCUT2D eigenvalue weighted by atomic mass is 9.85. The van der Waals surface area contributed by atoms with Crippen molar-refractivity contribution in [3.8, 4) is 0 Å². The van der Waals surface area contributed by atoms with E-state index in [1.807, 2.05) is 36.4 Å². The Bertz CT molecular complexity index is 932. The first-order valence-electron chi connectivity index (χ1n) is 12.2. The van der Waals surface area contributed by atoms with Crippen molar-refractivity contribution in [1.29, 1.82) is 0 Å². The highest BCUT2D eigenvalue weighted by molar-refractivity contribution is 5.89. The van der Waals surface area contributed by atoms with Gasteiger partial charge in [-0.3, -0.25) is 4.79 Å². The van der Waals surface area contributed by atoms with Gasteiger partial charge in [-0.2, -0.15) is 0 Å². The molecule has 3 fully saturated rings. The third-order valence-electron chi connectivity index (χ3n) is 8.11. The van der Waals surface area contributed by atoms with E-state index in [1.54, 1.807) is 24.3 Å². The lowest BCUT2D eigenvalue weighted by Gasteiger charge is -2.47. The molecular formula is C27H33N2O4+. The number of ether oxygens (including phenoxy) is 2. The molecule has 6 heteroatoms. The van der Waals surface area contributed by atoms with Gasteiger partial charge in [0.05, 0.1) is 31.7 Å². The molecule has 0 aromatic heterocycles. The molecule has 6 nitrogen and oxygen atoms in total. The number of nitrogens with two attached hydrogens (primary N) is 1. The normalized spacial score (nSPS) is 25.7. The Balaban J connectivity index is 1.48. The highest BCUT2D eigenvalue weighted by Crippen LogP contribution is 2.47. The van der Waals surface area contributed by atoms with E-state index in [0.29, 0.717) is 23.2 Å². The van der Waals surface area contributed by atoms with Crippen molar-refractivity contribution < 1.29 is 23.5 Å². The van der Waals surface area contributed by atoms with Gasteiger partial charge in [-0.1, -0.05) is 60.7 Å². The second-order valence-corrected chi connectivity index (χ2v) is 9.73. The van der Waals surface area contributed by atoms with Crippen LogP contribution in [0.1, 0.15) is 49.7 Å². The Morgan fingerprint density at radius 2 is 1.39 bits per heavy atom. The first-order chi connectivity index (χ1) is 16.1. The minimum Gasteiger partial charge on any atom is -0.458 e. The number of carbonyl (C=O) groups is 2. The van der Waals surface area contributed by atoms with Crippen LogP contribution < -0.4 is 5.73 Å². The van der Waals surface area contributed by atoms with Crippen molar-refractivity contribution in [1.82, 2.24) is 0 Å². The average Bonchev–Trinajstić information content (AvgIpc) is 3.40. The number of quaternary nitrogens is 1. The number of rotatable bonds is 6. The highest BCUT2D eigenvalue weighted by atomic mass is 16.6. The molecule has 3 aliphatic heterocycles. The van der Waals surface area contributed by atoms with Crippen molar-refractivity contribution in [3.63, 3.8) is 0 Å². The van der Waals surface area contributed by atoms with Crippen molar-refractivity contribution in [3.05, 3.63) is 71.8 Å². The van der Waals surface area contributed by atoms with E-state index in [-0.39, 0.29) is 12.6 Å². The fourth-order valence-corrected chi connectivity index (χ4v) is 6.66. The smallest absolute Gasteiger partial charge is 0.360 e. The van der Waals surface area contributed by atoms with Gasteiger partial charge in [0, 0.05) is 49.7 Å². The standard InChI is InChI=1S/C27H33N2O4/c28-19-25(30)33-27(20-9-3-1-4-10-20,21-11-5-2-6-12-21)26(31)32-24-17-22-13-14-23(18-24)29(22)15-7-8-16-29/h1-6,9-12,22-24H,7-8,13-19,28H2/q+1. The molecule has 0 saturated carbocycles. The predicted molar refractivity (Wildman–Crippen MR) is 124 cm³/mol. The van der Waals surface area contributed by atoms with Crippen molar-refractivity contribution in [2.75, 3.05) is 19.6 Å². The van der Waals surface area contributed by atoms with E-state index >= 15 is 0 Å². The van der Waals surface area contributed by atoms with Crippen molar-refractivity contribution >= 4 is 11.9 Å². The van der Waals surface area contributed by atoms with Crippen LogP contribution in [0.2, 0.25) is 0 Å².